The summed E-state index contributed by atoms with van der Waals surface area (Å²) >= 11 is 7.33. The highest BCUT2D eigenvalue weighted by Gasteiger charge is 2.26. The van der Waals surface area contributed by atoms with Crippen LogP contribution in [0.25, 0.3) is 0 Å². The van der Waals surface area contributed by atoms with E-state index in [9.17, 15) is 14.0 Å². The Morgan fingerprint density at radius 3 is 2.55 bits per heavy atom. The number of hydrogen-bond acceptors (Lipinski definition) is 4. The lowest BCUT2D eigenvalue weighted by Crippen LogP contribution is -2.49. The molecule has 0 fully saturated rings. The van der Waals surface area contributed by atoms with Crippen molar-refractivity contribution in [1.82, 2.24) is 10.2 Å². The van der Waals surface area contributed by atoms with Crippen molar-refractivity contribution in [2.75, 3.05) is 12.9 Å². The SMILES string of the molecule is COc1cccc(CN(C(=O)CSCc2c(F)cccc2Cl)[C@@H](C)C(=O)NC(C)C)c1. The fourth-order valence-corrected chi connectivity index (χ4v) is 4.20. The third kappa shape index (κ3) is 7.43. The maximum Gasteiger partial charge on any atom is 0.242 e. The van der Waals surface area contributed by atoms with E-state index in [0.29, 0.717) is 16.3 Å². The van der Waals surface area contributed by atoms with Gasteiger partial charge in [0, 0.05) is 28.9 Å². The van der Waals surface area contributed by atoms with Crippen molar-refractivity contribution in [3.05, 3.63) is 64.4 Å². The van der Waals surface area contributed by atoms with Gasteiger partial charge in [-0.05, 0) is 50.6 Å². The van der Waals surface area contributed by atoms with Gasteiger partial charge in [0.2, 0.25) is 11.8 Å². The zero-order valence-electron chi connectivity index (χ0n) is 18.2. The van der Waals surface area contributed by atoms with Gasteiger partial charge in [-0.15, -0.1) is 11.8 Å². The van der Waals surface area contributed by atoms with E-state index >= 15 is 0 Å². The van der Waals surface area contributed by atoms with Crippen LogP contribution in [0.2, 0.25) is 5.02 Å². The minimum atomic E-state index is -0.668. The van der Waals surface area contributed by atoms with Gasteiger partial charge in [0.25, 0.3) is 0 Å². The molecule has 0 aliphatic rings. The minimum Gasteiger partial charge on any atom is -0.497 e. The number of ether oxygens (including phenoxy) is 1. The van der Waals surface area contributed by atoms with Crippen molar-refractivity contribution in [3.63, 3.8) is 0 Å². The molecule has 5 nitrogen and oxygen atoms in total. The molecule has 0 bridgehead atoms. The number of nitrogens with one attached hydrogen (secondary N) is 1. The predicted octanol–water partition coefficient (Wildman–Crippen LogP) is 4.66. The van der Waals surface area contributed by atoms with Crippen molar-refractivity contribution in [2.24, 2.45) is 0 Å². The smallest absolute Gasteiger partial charge is 0.242 e. The number of carbonyl (C=O) groups is 2. The second kappa shape index (κ2) is 12.0. The molecule has 0 heterocycles. The Morgan fingerprint density at radius 2 is 1.90 bits per heavy atom. The summed E-state index contributed by atoms with van der Waals surface area (Å²) in [5.41, 5.74) is 1.21. The average Bonchev–Trinajstić information content (AvgIpc) is 2.73. The molecule has 2 rings (SSSR count). The van der Waals surface area contributed by atoms with Crippen LogP contribution < -0.4 is 10.1 Å². The van der Waals surface area contributed by atoms with Crippen LogP contribution in [0.5, 0.6) is 5.75 Å². The first-order valence-electron chi connectivity index (χ1n) is 9.96. The van der Waals surface area contributed by atoms with Crippen molar-refractivity contribution >= 4 is 35.2 Å². The summed E-state index contributed by atoms with van der Waals surface area (Å²) in [4.78, 5) is 27.2. The second-order valence-electron chi connectivity index (χ2n) is 7.41. The van der Waals surface area contributed by atoms with Gasteiger partial charge in [-0.3, -0.25) is 9.59 Å². The van der Waals surface area contributed by atoms with E-state index in [0.717, 1.165) is 5.56 Å². The zero-order valence-corrected chi connectivity index (χ0v) is 19.7. The topological polar surface area (TPSA) is 58.6 Å². The molecule has 31 heavy (non-hydrogen) atoms. The molecule has 0 aromatic heterocycles. The Morgan fingerprint density at radius 1 is 1.19 bits per heavy atom. The molecule has 8 heteroatoms. The predicted molar refractivity (Wildman–Crippen MR) is 124 cm³/mol. The lowest BCUT2D eigenvalue weighted by molar-refractivity contribution is -0.138. The van der Waals surface area contributed by atoms with Crippen molar-refractivity contribution < 1.29 is 18.7 Å². The summed E-state index contributed by atoms with van der Waals surface area (Å²) < 4.78 is 19.2. The van der Waals surface area contributed by atoms with Gasteiger partial charge in [-0.25, -0.2) is 4.39 Å². The average molecular weight is 467 g/mol. The van der Waals surface area contributed by atoms with E-state index in [1.54, 1.807) is 26.2 Å². The fraction of sp³-hybridized carbons (Fsp3) is 0.391. The van der Waals surface area contributed by atoms with E-state index in [2.05, 4.69) is 5.32 Å². The quantitative estimate of drug-likeness (QED) is 0.553. The maximum atomic E-state index is 14.0. The maximum absolute atomic E-state index is 14.0. The van der Waals surface area contributed by atoms with E-state index < -0.39 is 11.9 Å². The monoisotopic (exact) mass is 466 g/mol. The van der Waals surface area contributed by atoms with Crippen molar-refractivity contribution in [1.29, 1.82) is 0 Å². The van der Waals surface area contributed by atoms with Crippen LogP contribution in [0.15, 0.2) is 42.5 Å². The summed E-state index contributed by atoms with van der Waals surface area (Å²) in [5.74, 6) is 0.184. The molecule has 0 spiro atoms. The summed E-state index contributed by atoms with van der Waals surface area (Å²) in [6.45, 7) is 5.69. The molecule has 0 aliphatic carbocycles. The number of thioether (sulfide) groups is 1. The van der Waals surface area contributed by atoms with Crippen molar-refractivity contribution in [3.8, 4) is 5.75 Å². The van der Waals surface area contributed by atoms with Crippen LogP contribution >= 0.6 is 23.4 Å². The molecule has 0 saturated heterocycles. The van der Waals surface area contributed by atoms with E-state index in [1.165, 1.54) is 22.7 Å². The van der Waals surface area contributed by atoms with E-state index in [-0.39, 0.29) is 35.9 Å². The van der Waals surface area contributed by atoms with Gasteiger partial charge in [0.1, 0.15) is 17.6 Å². The molecular weight excluding hydrogens is 439 g/mol. The third-order valence-corrected chi connectivity index (χ3v) is 5.92. The van der Waals surface area contributed by atoms with Gasteiger partial charge in [-0.2, -0.15) is 0 Å². The molecule has 2 amide bonds. The van der Waals surface area contributed by atoms with E-state index in [1.807, 2.05) is 38.1 Å². The highest BCUT2D eigenvalue weighted by Crippen LogP contribution is 2.24. The largest absolute Gasteiger partial charge is 0.497 e. The first kappa shape index (κ1) is 25.0. The summed E-state index contributed by atoms with van der Waals surface area (Å²) in [5, 5.41) is 3.18. The normalized spacial score (nSPS) is 11.8. The van der Waals surface area contributed by atoms with E-state index in [4.69, 9.17) is 16.3 Å². The number of carbonyl (C=O) groups excluding carboxylic acids is 2. The molecule has 1 atom stereocenters. The Hall–Kier alpha value is -2.25. The Bertz CT molecular complexity index is 890. The number of methoxy groups -OCH3 is 1. The van der Waals surface area contributed by atoms with Gasteiger partial charge >= 0.3 is 0 Å². The van der Waals surface area contributed by atoms with Crippen LogP contribution in [-0.2, 0) is 21.9 Å². The molecule has 0 unspecified atom stereocenters. The third-order valence-electron chi connectivity index (χ3n) is 4.62. The van der Waals surface area contributed by atoms with Gasteiger partial charge in [0.05, 0.1) is 12.9 Å². The van der Waals surface area contributed by atoms with Crippen LogP contribution in [0, 0.1) is 5.82 Å². The highest BCUT2D eigenvalue weighted by molar-refractivity contribution is 7.99. The molecule has 1 N–H and O–H groups in total. The number of amides is 2. The Kier molecular flexibility index (Phi) is 9.65. The Balaban J connectivity index is 2.13. The number of nitrogens with zero attached hydrogens (tertiary/aromatic N) is 1. The van der Waals surface area contributed by atoms with Crippen LogP contribution in [0.1, 0.15) is 31.9 Å². The summed E-state index contributed by atoms with van der Waals surface area (Å²) in [6.07, 6.45) is 0. The minimum absolute atomic E-state index is 0.0405. The molecule has 2 aromatic carbocycles. The van der Waals surface area contributed by atoms with Crippen molar-refractivity contribution in [2.45, 2.75) is 45.2 Å². The van der Waals surface area contributed by atoms with Gasteiger partial charge in [-0.1, -0.05) is 29.8 Å². The van der Waals surface area contributed by atoms with Gasteiger partial charge < -0.3 is 15.0 Å². The molecule has 2 aromatic rings. The molecule has 0 saturated carbocycles. The lowest BCUT2D eigenvalue weighted by Gasteiger charge is -2.29. The number of hydrogen-bond donors (Lipinski definition) is 1. The first-order chi connectivity index (χ1) is 14.7. The van der Waals surface area contributed by atoms with Gasteiger partial charge in [0.15, 0.2) is 0 Å². The standard InChI is InChI=1S/C23H28ClFN2O3S/c1-15(2)26-23(29)16(3)27(12-17-7-5-8-18(11-17)30-4)22(28)14-31-13-19-20(24)9-6-10-21(19)25/h5-11,15-16H,12-14H2,1-4H3,(H,26,29)/t16-/m0/s1. The molecular formula is C23H28ClFN2O3S. The summed E-state index contributed by atoms with van der Waals surface area (Å²) in [6, 6.07) is 11.2. The second-order valence-corrected chi connectivity index (χ2v) is 8.80. The molecule has 0 aliphatic heterocycles. The number of rotatable bonds is 10. The number of benzene rings is 2. The fourth-order valence-electron chi connectivity index (χ4n) is 2.95. The lowest BCUT2D eigenvalue weighted by atomic mass is 10.1. The van der Waals surface area contributed by atoms with Crippen LogP contribution in [-0.4, -0.2) is 41.7 Å². The Labute approximate surface area is 192 Å². The zero-order chi connectivity index (χ0) is 23.0. The number of halogens is 2. The molecule has 0 radical (unpaired) electrons. The van der Waals surface area contributed by atoms with Crippen LogP contribution in [0.3, 0.4) is 0 Å². The molecule has 168 valence electrons. The van der Waals surface area contributed by atoms with Crippen LogP contribution in [0.4, 0.5) is 4.39 Å². The summed E-state index contributed by atoms with van der Waals surface area (Å²) in [7, 11) is 1.57. The first-order valence-corrected chi connectivity index (χ1v) is 11.5. The highest BCUT2D eigenvalue weighted by atomic mass is 35.5.